The minimum atomic E-state index is -0.850. The number of hydrogen-bond acceptors (Lipinski definition) is 7. The van der Waals surface area contributed by atoms with Crippen molar-refractivity contribution < 1.29 is 14.2 Å². The summed E-state index contributed by atoms with van der Waals surface area (Å²) in [5, 5.41) is 18.0. The van der Waals surface area contributed by atoms with E-state index < -0.39 is 11.6 Å². The molecule has 0 radical (unpaired) electrons. The third kappa shape index (κ3) is 4.74. The van der Waals surface area contributed by atoms with Crippen LogP contribution in [0.15, 0.2) is 53.9 Å². The molecule has 0 aliphatic heterocycles. The van der Waals surface area contributed by atoms with Crippen molar-refractivity contribution in [1.82, 2.24) is 14.6 Å². The number of ether oxygens (including phenoxy) is 1. The molecule has 3 aromatic heterocycles. The number of anilines is 1. The second-order valence-electron chi connectivity index (χ2n) is 10.7. The molecule has 39 heavy (non-hydrogen) atoms. The maximum atomic E-state index is 14.1. The molecule has 1 fully saturated rings. The number of aromatic hydroxyl groups is 1. The first-order chi connectivity index (χ1) is 18.4. The van der Waals surface area contributed by atoms with Gasteiger partial charge in [-0.3, -0.25) is 0 Å². The van der Waals surface area contributed by atoms with Gasteiger partial charge in [0.25, 0.3) is 0 Å². The van der Waals surface area contributed by atoms with Crippen LogP contribution in [-0.4, -0.2) is 44.2 Å². The highest BCUT2D eigenvalue weighted by Crippen LogP contribution is 2.46. The van der Waals surface area contributed by atoms with E-state index in [1.165, 1.54) is 0 Å². The van der Waals surface area contributed by atoms with E-state index in [1.54, 1.807) is 30.1 Å². The van der Waals surface area contributed by atoms with Gasteiger partial charge in [-0.15, -0.1) is 0 Å². The van der Waals surface area contributed by atoms with Gasteiger partial charge in [-0.25, -0.2) is 18.9 Å². The highest BCUT2D eigenvalue weighted by atomic mass is 35.5. The predicted octanol–water partition coefficient (Wildman–Crippen LogP) is 5.26. The molecule has 0 spiro atoms. The Morgan fingerprint density at radius 2 is 2.00 bits per heavy atom. The Kier molecular flexibility index (Phi) is 6.64. The van der Waals surface area contributed by atoms with Crippen LogP contribution in [0, 0.1) is 11.2 Å². The van der Waals surface area contributed by atoms with Crippen LogP contribution in [0.25, 0.3) is 16.6 Å². The summed E-state index contributed by atoms with van der Waals surface area (Å²) in [6.07, 6.45) is 6.96. The number of rotatable bonds is 6. The molecule has 0 saturated heterocycles. The van der Waals surface area contributed by atoms with Crippen LogP contribution in [0.3, 0.4) is 0 Å². The van der Waals surface area contributed by atoms with E-state index in [1.807, 2.05) is 18.3 Å². The Morgan fingerprint density at radius 1 is 1.23 bits per heavy atom. The first kappa shape index (κ1) is 26.7. The van der Waals surface area contributed by atoms with Crippen LogP contribution in [-0.2, 0) is 0 Å². The maximum absolute atomic E-state index is 14.1. The Hall–Kier alpha value is -3.89. The first-order valence-corrected chi connectivity index (χ1v) is 12.9. The van der Waals surface area contributed by atoms with Crippen molar-refractivity contribution in [2.45, 2.75) is 45.2 Å². The topological polar surface area (TPSA) is 136 Å². The zero-order valence-electron chi connectivity index (χ0n) is 22.2. The molecule has 1 unspecified atom stereocenters. The Balaban J connectivity index is 1.65. The number of benzene rings is 1. The number of hydrogen-bond donors (Lipinski definition) is 4. The molecule has 0 bridgehead atoms. The first-order valence-electron chi connectivity index (χ1n) is 12.5. The summed E-state index contributed by atoms with van der Waals surface area (Å²) in [4.78, 5) is 8.71. The number of methoxy groups -OCH3 is 1. The van der Waals surface area contributed by atoms with Gasteiger partial charge in [-0.05, 0) is 31.9 Å². The summed E-state index contributed by atoms with van der Waals surface area (Å²) in [7, 11) is 1.57. The minimum Gasteiger partial charge on any atom is -0.505 e. The number of nitrogens with one attached hydrogen (secondary N) is 1. The molecule has 1 aromatic carbocycles. The fraction of sp³-hybridized carbons (Fsp3) is 0.321. The summed E-state index contributed by atoms with van der Waals surface area (Å²) < 4.78 is 21.0. The quantitative estimate of drug-likeness (QED) is 0.189. The molecule has 1 aliphatic rings. The average molecular weight is 552 g/mol. The van der Waals surface area contributed by atoms with E-state index in [9.17, 15) is 9.50 Å². The van der Waals surface area contributed by atoms with E-state index in [0.29, 0.717) is 17.1 Å². The molecule has 204 valence electrons. The molecule has 2 atom stereocenters. The van der Waals surface area contributed by atoms with Crippen molar-refractivity contribution in [3.63, 3.8) is 0 Å². The van der Waals surface area contributed by atoms with Crippen LogP contribution < -0.4 is 21.5 Å². The normalized spacial score (nSPS) is 20.9. The Bertz CT molecular complexity index is 1580. The summed E-state index contributed by atoms with van der Waals surface area (Å²) in [5.74, 6) is -0.811. The van der Waals surface area contributed by atoms with E-state index in [-0.39, 0.29) is 33.5 Å². The summed E-state index contributed by atoms with van der Waals surface area (Å²) >= 11 is 6.21. The number of phenolic OH excluding ortho intramolecular Hbond substituents is 1. The third-order valence-corrected chi connectivity index (χ3v) is 8.37. The molecule has 6 N–H and O–H groups in total. The van der Waals surface area contributed by atoms with Gasteiger partial charge >= 0.3 is 0 Å². The SMILES string of the molecule is COc1ccc(-c2cc3c(NC4CC[C@](C)(N)C4(C)C)c(C(N)=Nc4cc(F)c(O)cc4Cl)cnn3c2)cn1. The molecular weight excluding hydrogens is 521 g/mol. The molecule has 1 saturated carbocycles. The smallest absolute Gasteiger partial charge is 0.212 e. The van der Waals surface area contributed by atoms with Crippen molar-refractivity contribution in [2.75, 3.05) is 12.4 Å². The second-order valence-corrected chi connectivity index (χ2v) is 11.1. The molecule has 1 aliphatic carbocycles. The van der Waals surface area contributed by atoms with Crippen LogP contribution >= 0.6 is 11.6 Å². The summed E-state index contributed by atoms with van der Waals surface area (Å²) in [6, 6.07) is 7.87. The third-order valence-electron chi connectivity index (χ3n) is 8.06. The number of phenols is 1. The van der Waals surface area contributed by atoms with E-state index in [4.69, 9.17) is 27.8 Å². The molecular formula is C28H31ClFN7O2. The zero-order valence-corrected chi connectivity index (χ0v) is 22.9. The van der Waals surface area contributed by atoms with Gasteiger partial charge in [0.05, 0.1) is 40.8 Å². The average Bonchev–Trinajstić information content (AvgIpc) is 3.41. The van der Waals surface area contributed by atoms with E-state index >= 15 is 0 Å². The molecule has 5 rings (SSSR count). The van der Waals surface area contributed by atoms with Crippen molar-refractivity contribution >= 4 is 34.3 Å². The monoisotopic (exact) mass is 551 g/mol. The second kappa shape index (κ2) is 9.69. The maximum Gasteiger partial charge on any atom is 0.212 e. The number of nitrogens with zero attached hydrogens (tertiary/aromatic N) is 4. The zero-order chi connectivity index (χ0) is 28.1. The molecule has 4 aromatic rings. The van der Waals surface area contributed by atoms with Gasteiger partial charge < -0.3 is 26.6 Å². The molecule has 9 nitrogen and oxygen atoms in total. The van der Waals surface area contributed by atoms with Crippen LogP contribution in [0.1, 0.15) is 39.2 Å². The highest BCUT2D eigenvalue weighted by Gasteiger charge is 2.49. The molecule has 0 amide bonds. The van der Waals surface area contributed by atoms with Crippen LogP contribution in [0.5, 0.6) is 11.6 Å². The van der Waals surface area contributed by atoms with E-state index in [0.717, 1.165) is 41.6 Å². The van der Waals surface area contributed by atoms with Gasteiger partial charge in [0.1, 0.15) is 5.84 Å². The minimum absolute atomic E-state index is 0.0287. The van der Waals surface area contributed by atoms with Gasteiger partial charge in [0.2, 0.25) is 5.88 Å². The predicted molar refractivity (Wildman–Crippen MR) is 151 cm³/mol. The van der Waals surface area contributed by atoms with Crippen LogP contribution in [0.4, 0.5) is 15.8 Å². The largest absolute Gasteiger partial charge is 0.505 e. The van der Waals surface area contributed by atoms with Crippen molar-refractivity contribution in [3.05, 3.63) is 65.3 Å². The summed E-state index contributed by atoms with van der Waals surface area (Å²) in [5.41, 5.74) is 16.4. The Labute approximate surface area is 230 Å². The lowest BCUT2D eigenvalue weighted by Crippen LogP contribution is -2.51. The van der Waals surface area contributed by atoms with Crippen LogP contribution in [0.2, 0.25) is 5.02 Å². The number of amidine groups is 1. The van der Waals surface area contributed by atoms with Gasteiger partial charge in [0.15, 0.2) is 11.6 Å². The van der Waals surface area contributed by atoms with Gasteiger partial charge in [-0.1, -0.05) is 25.4 Å². The number of pyridine rings is 1. The Morgan fingerprint density at radius 3 is 2.64 bits per heavy atom. The molecule has 11 heteroatoms. The van der Waals surface area contributed by atoms with Crippen molar-refractivity contribution in [1.29, 1.82) is 0 Å². The number of nitrogens with two attached hydrogens (primary N) is 2. The highest BCUT2D eigenvalue weighted by molar-refractivity contribution is 6.33. The lowest BCUT2D eigenvalue weighted by atomic mass is 9.75. The number of aliphatic imine (C=N–C) groups is 1. The fourth-order valence-corrected chi connectivity index (χ4v) is 5.19. The fourth-order valence-electron chi connectivity index (χ4n) is 4.99. The van der Waals surface area contributed by atoms with E-state index in [2.05, 4.69) is 41.2 Å². The molecule has 3 heterocycles. The van der Waals surface area contributed by atoms with Crippen molar-refractivity contribution in [2.24, 2.45) is 21.9 Å². The van der Waals surface area contributed by atoms with Gasteiger partial charge in [0, 0.05) is 58.7 Å². The lowest BCUT2D eigenvalue weighted by molar-refractivity contribution is 0.215. The lowest BCUT2D eigenvalue weighted by Gasteiger charge is -2.39. The number of aromatic nitrogens is 3. The number of halogens is 2. The van der Waals surface area contributed by atoms with Gasteiger partial charge in [-0.2, -0.15) is 5.10 Å². The standard InChI is InChI=1S/C28H31ClFN7O2/c1-27(2)23(7-8-28(27,3)32)36-25-17(26(31)35-20-11-19(30)22(38)10-18(20)29)13-34-37-14-16(9-21(25)37)15-5-6-24(39-4)33-12-15/h5-6,9-14,23,36,38H,7-8,32H2,1-4H3,(H2,31,35)/t23?,28-/m0/s1. The summed E-state index contributed by atoms with van der Waals surface area (Å²) in [6.45, 7) is 6.37. The number of fused-ring (bicyclic) bond motifs is 1. The van der Waals surface area contributed by atoms with Crippen molar-refractivity contribution in [3.8, 4) is 22.8 Å².